The van der Waals surface area contributed by atoms with Crippen LogP contribution in [0.4, 0.5) is 0 Å². The summed E-state index contributed by atoms with van der Waals surface area (Å²) in [4.78, 5) is 11.7. The van der Waals surface area contributed by atoms with Crippen LogP contribution in [-0.2, 0) is 0 Å². The van der Waals surface area contributed by atoms with E-state index in [9.17, 15) is 4.79 Å². The Kier molecular flexibility index (Phi) is 2.36. The number of ketones is 1. The lowest BCUT2D eigenvalue weighted by molar-refractivity contribution is 0.0987. The van der Waals surface area contributed by atoms with E-state index in [4.69, 9.17) is 15.2 Å². The maximum Gasteiger partial charge on any atom is 0.168 e. The molecule has 0 aromatic heterocycles. The van der Waals surface area contributed by atoms with Gasteiger partial charge < -0.3 is 15.2 Å². The lowest BCUT2D eigenvalue weighted by atomic mass is 10.1. The van der Waals surface area contributed by atoms with Gasteiger partial charge in [-0.15, -0.1) is 0 Å². The fraction of sp³-hybridized carbons (Fsp3) is 0.364. The zero-order chi connectivity index (χ0) is 11.0. The second-order valence-electron chi connectivity index (χ2n) is 3.53. The molecule has 80 valence electrons. The monoisotopic (exact) mass is 207 g/mol. The number of hydrogen-bond donors (Lipinski definition) is 1. The number of Topliss-reactive ketones (excluding diaryl/α,β-unsaturated/α-hetero) is 1. The Labute approximate surface area is 88.0 Å². The number of ether oxygens (including phenoxy) is 2. The first-order valence-corrected chi connectivity index (χ1v) is 4.72. The summed E-state index contributed by atoms with van der Waals surface area (Å²) in [7, 11) is 3.11. The van der Waals surface area contributed by atoms with Crippen LogP contribution in [-0.4, -0.2) is 20.0 Å². The van der Waals surface area contributed by atoms with Gasteiger partial charge in [-0.1, -0.05) is 0 Å². The molecule has 0 aliphatic heterocycles. The van der Waals surface area contributed by atoms with E-state index in [0.717, 1.165) is 5.56 Å². The minimum atomic E-state index is -0.239. The minimum absolute atomic E-state index is 0.0389. The van der Waals surface area contributed by atoms with Gasteiger partial charge in [0.2, 0.25) is 0 Å². The summed E-state index contributed by atoms with van der Waals surface area (Å²) in [6.45, 7) is 0. The first kappa shape index (κ1) is 9.98. The number of benzene rings is 1. The maximum atomic E-state index is 11.7. The third kappa shape index (κ3) is 1.47. The van der Waals surface area contributed by atoms with Crippen LogP contribution in [0, 0.1) is 0 Å². The second-order valence-corrected chi connectivity index (χ2v) is 3.53. The van der Waals surface area contributed by atoms with E-state index in [0.29, 0.717) is 23.5 Å². The highest BCUT2D eigenvalue weighted by atomic mass is 16.5. The minimum Gasteiger partial charge on any atom is -0.497 e. The molecule has 0 heterocycles. The van der Waals surface area contributed by atoms with Crippen molar-refractivity contribution in [3.8, 4) is 11.5 Å². The summed E-state index contributed by atoms with van der Waals surface area (Å²) in [5.74, 6) is 1.25. The van der Waals surface area contributed by atoms with E-state index in [1.165, 1.54) is 7.11 Å². The van der Waals surface area contributed by atoms with Crippen LogP contribution in [0.5, 0.6) is 11.5 Å². The Balaban J connectivity index is 2.62. The molecule has 0 bridgehead atoms. The standard InChI is InChI=1S/C11H13NO3/c1-14-6-3-7-8(12)5-9(13)11(7)10(4-6)15-2/h3-4,8H,5,12H2,1-2H3. The summed E-state index contributed by atoms with van der Waals surface area (Å²) in [6, 6.07) is 3.26. The van der Waals surface area contributed by atoms with Gasteiger partial charge in [-0.2, -0.15) is 0 Å². The number of hydrogen-bond acceptors (Lipinski definition) is 4. The van der Waals surface area contributed by atoms with Crippen LogP contribution in [0.1, 0.15) is 28.4 Å². The number of methoxy groups -OCH3 is 2. The van der Waals surface area contributed by atoms with Crippen molar-refractivity contribution in [1.82, 2.24) is 0 Å². The number of fused-ring (bicyclic) bond motifs is 1. The summed E-state index contributed by atoms with van der Waals surface area (Å²) < 4.78 is 10.3. The van der Waals surface area contributed by atoms with Crippen LogP contribution in [0.2, 0.25) is 0 Å². The highest BCUT2D eigenvalue weighted by Gasteiger charge is 2.30. The summed E-state index contributed by atoms with van der Waals surface area (Å²) in [5, 5.41) is 0. The summed E-state index contributed by atoms with van der Waals surface area (Å²) >= 11 is 0. The van der Waals surface area contributed by atoms with Crippen molar-refractivity contribution in [3.63, 3.8) is 0 Å². The molecule has 0 fully saturated rings. The average Bonchev–Trinajstić information content (AvgIpc) is 2.53. The normalized spacial score (nSPS) is 18.9. The molecule has 1 atom stereocenters. The lowest BCUT2D eigenvalue weighted by Gasteiger charge is -2.10. The van der Waals surface area contributed by atoms with E-state index in [1.807, 2.05) is 0 Å². The number of carbonyl (C=O) groups excluding carboxylic acids is 1. The van der Waals surface area contributed by atoms with Crippen molar-refractivity contribution in [2.45, 2.75) is 12.5 Å². The molecule has 1 aromatic carbocycles. The Morgan fingerprint density at radius 1 is 1.33 bits per heavy atom. The summed E-state index contributed by atoms with van der Waals surface area (Å²) in [6.07, 6.45) is 0.346. The predicted molar refractivity (Wildman–Crippen MR) is 55.4 cm³/mol. The van der Waals surface area contributed by atoms with Crippen LogP contribution < -0.4 is 15.2 Å². The zero-order valence-electron chi connectivity index (χ0n) is 8.74. The highest BCUT2D eigenvalue weighted by molar-refractivity contribution is 6.03. The molecule has 1 unspecified atom stereocenters. The van der Waals surface area contributed by atoms with Gasteiger partial charge >= 0.3 is 0 Å². The van der Waals surface area contributed by atoms with E-state index in [2.05, 4.69) is 0 Å². The zero-order valence-corrected chi connectivity index (χ0v) is 8.74. The topological polar surface area (TPSA) is 61.6 Å². The van der Waals surface area contributed by atoms with Crippen molar-refractivity contribution in [3.05, 3.63) is 23.3 Å². The van der Waals surface area contributed by atoms with Crippen LogP contribution in [0.15, 0.2) is 12.1 Å². The molecule has 4 heteroatoms. The summed E-state index contributed by atoms with van der Waals surface area (Å²) in [5.41, 5.74) is 7.27. The highest BCUT2D eigenvalue weighted by Crippen LogP contribution is 2.38. The Hall–Kier alpha value is -1.55. The molecule has 1 aliphatic carbocycles. The first-order valence-electron chi connectivity index (χ1n) is 4.72. The molecule has 2 N–H and O–H groups in total. The molecule has 1 aromatic rings. The molecule has 2 rings (SSSR count). The quantitative estimate of drug-likeness (QED) is 0.793. The SMILES string of the molecule is COc1cc(OC)c2c(c1)C(N)CC2=O. The van der Waals surface area contributed by atoms with Gasteiger partial charge in [0.1, 0.15) is 11.5 Å². The van der Waals surface area contributed by atoms with E-state index in [-0.39, 0.29) is 11.8 Å². The van der Waals surface area contributed by atoms with Crippen LogP contribution in [0.25, 0.3) is 0 Å². The largest absolute Gasteiger partial charge is 0.497 e. The van der Waals surface area contributed by atoms with Crippen LogP contribution in [0.3, 0.4) is 0 Å². The number of carbonyl (C=O) groups is 1. The average molecular weight is 207 g/mol. The third-order valence-electron chi connectivity index (χ3n) is 2.65. The molecule has 0 saturated heterocycles. The maximum absolute atomic E-state index is 11.7. The fourth-order valence-electron chi connectivity index (χ4n) is 1.89. The van der Waals surface area contributed by atoms with Gasteiger partial charge in [-0.3, -0.25) is 4.79 Å². The fourth-order valence-corrected chi connectivity index (χ4v) is 1.89. The van der Waals surface area contributed by atoms with Crippen molar-refractivity contribution in [2.75, 3.05) is 14.2 Å². The molecule has 0 saturated carbocycles. The smallest absolute Gasteiger partial charge is 0.168 e. The Morgan fingerprint density at radius 3 is 2.67 bits per heavy atom. The molecule has 0 radical (unpaired) electrons. The van der Waals surface area contributed by atoms with Gasteiger partial charge in [0.25, 0.3) is 0 Å². The molecule has 0 amide bonds. The van der Waals surface area contributed by atoms with E-state index < -0.39 is 0 Å². The Morgan fingerprint density at radius 2 is 2.07 bits per heavy atom. The molecule has 15 heavy (non-hydrogen) atoms. The molecular weight excluding hydrogens is 194 g/mol. The van der Waals surface area contributed by atoms with Gasteiger partial charge in [-0.05, 0) is 11.6 Å². The van der Waals surface area contributed by atoms with Gasteiger partial charge in [0.15, 0.2) is 5.78 Å². The van der Waals surface area contributed by atoms with Crippen molar-refractivity contribution < 1.29 is 14.3 Å². The third-order valence-corrected chi connectivity index (χ3v) is 2.65. The second kappa shape index (κ2) is 3.55. The van der Waals surface area contributed by atoms with Gasteiger partial charge in [0, 0.05) is 18.5 Å². The molecule has 4 nitrogen and oxygen atoms in total. The number of rotatable bonds is 2. The van der Waals surface area contributed by atoms with Gasteiger partial charge in [0.05, 0.1) is 19.8 Å². The predicted octanol–water partition coefficient (Wildman–Crippen LogP) is 1.29. The van der Waals surface area contributed by atoms with Crippen molar-refractivity contribution in [1.29, 1.82) is 0 Å². The van der Waals surface area contributed by atoms with Crippen molar-refractivity contribution >= 4 is 5.78 Å². The Bertz CT molecular complexity index is 415. The van der Waals surface area contributed by atoms with E-state index in [1.54, 1.807) is 19.2 Å². The van der Waals surface area contributed by atoms with Crippen LogP contribution >= 0.6 is 0 Å². The van der Waals surface area contributed by atoms with Crippen molar-refractivity contribution in [2.24, 2.45) is 5.73 Å². The molecule has 1 aliphatic rings. The number of nitrogens with two attached hydrogens (primary N) is 1. The van der Waals surface area contributed by atoms with Gasteiger partial charge in [-0.25, -0.2) is 0 Å². The first-order chi connectivity index (χ1) is 7.17. The molecule has 0 spiro atoms. The van der Waals surface area contributed by atoms with E-state index >= 15 is 0 Å². The molecular formula is C11H13NO3. The lowest BCUT2D eigenvalue weighted by Crippen LogP contribution is -2.06.